The van der Waals surface area contributed by atoms with Crippen molar-refractivity contribution in [2.24, 2.45) is 0 Å². The number of nitrogens with one attached hydrogen (secondary N) is 1. The highest BCUT2D eigenvalue weighted by Crippen LogP contribution is 2.22. The summed E-state index contributed by atoms with van der Waals surface area (Å²) in [6.45, 7) is 3.89. The van der Waals surface area contributed by atoms with Gasteiger partial charge in [-0.1, -0.05) is 6.92 Å². The Hall–Kier alpha value is -1.18. The summed E-state index contributed by atoms with van der Waals surface area (Å²) in [4.78, 5) is 4.39. The number of hydrogen-bond acceptors (Lipinski definition) is 5. The van der Waals surface area contributed by atoms with Crippen LogP contribution in [0.25, 0.3) is 0 Å². The maximum absolute atomic E-state index is 12.6. The quantitative estimate of drug-likeness (QED) is 0.857. The minimum Gasteiger partial charge on any atom is -0.380 e. The van der Waals surface area contributed by atoms with Crippen LogP contribution in [0, 0.1) is 0 Å². The minimum atomic E-state index is -3.50. The summed E-state index contributed by atoms with van der Waals surface area (Å²) in [7, 11) is -1.89. The number of hydrogen-bond donors (Lipinski definition) is 1. The molecule has 1 aliphatic heterocycles. The molecule has 2 heterocycles. The van der Waals surface area contributed by atoms with Gasteiger partial charge in [-0.05, 0) is 18.9 Å². The predicted molar refractivity (Wildman–Crippen MR) is 77.2 cm³/mol. The van der Waals surface area contributed by atoms with E-state index < -0.39 is 10.0 Å². The Balaban J connectivity index is 2.19. The summed E-state index contributed by atoms with van der Waals surface area (Å²) in [5.74, 6) is 0.587. The molecule has 1 aliphatic rings. The number of anilines is 1. The summed E-state index contributed by atoms with van der Waals surface area (Å²) in [5.41, 5.74) is 0. The van der Waals surface area contributed by atoms with Crippen LogP contribution in [0.15, 0.2) is 23.2 Å². The SMILES string of the molecule is CCCNc1cc(S(=O)(=O)N(C)C2CCOC2)ccn1. The summed E-state index contributed by atoms with van der Waals surface area (Å²) in [6.07, 6.45) is 3.21. The molecule has 7 heteroatoms. The van der Waals surface area contributed by atoms with Gasteiger partial charge < -0.3 is 10.1 Å². The number of rotatable bonds is 6. The maximum Gasteiger partial charge on any atom is 0.243 e. The largest absolute Gasteiger partial charge is 0.380 e. The molecule has 0 saturated carbocycles. The molecule has 1 aromatic heterocycles. The first-order valence-electron chi connectivity index (χ1n) is 6.81. The lowest BCUT2D eigenvalue weighted by molar-refractivity contribution is 0.181. The number of ether oxygens (including phenoxy) is 1. The molecule has 6 nitrogen and oxygen atoms in total. The Kier molecular flexibility index (Phi) is 4.95. The Morgan fingerprint density at radius 1 is 1.55 bits per heavy atom. The molecule has 0 spiro atoms. The zero-order valence-corrected chi connectivity index (χ0v) is 12.7. The van der Waals surface area contributed by atoms with E-state index in [0.29, 0.717) is 19.0 Å². The average molecular weight is 299 g/mol. The van der Waals surface area contributed by atoms with Crippen LogP contribution in [-0.4, -0.2) is 50.6 Å². The second-order valence-electron chi connectivity index (χ2n) is 4.84. The molecule has 0 radical (unpaired) electrons. The molecule has 1 fully saturated rings. The average Bonchev–Trinajstić information content (AvgIpc) is 2.98. The van der Waals surface area contributed by atoms with Crippen LogP contribution in [0.4, 0.5) is 5.82 Å². The molecule has 1 saturated heterocycles. The smallest absolute Gasteiger partial charge is 0.243 e. The van der Waals surface area contributed by atoms with Crippen molar-refractivity contribution in [1.29, 1.82) is 0 Å². The molecule has 1 N–H and O–H groups in total. The second kappa shape index (κ2) is 6.51. The fourth-order valence-electron chi connectivity index (χ4n) is 2.09. The van der Waals surface area contributed by atoms with E-state index >= 15 is 0 Å². The number of nitrogens with zero attached hydrogens (tertiary/aromatic N) is 2. The zero-order valence-electron chi connectivity index (χ0n) is 11.9. The minimum absolute atomic E-state index is 0.0831. The highest BCUT2D eigenvalue weighted by atomic mass is 32.2. The molecule has 0 amide bonds. The molecule has 20 heavy (non-hydrogen) atoms. The van der Waals surface area contributed by atoms with Crippen molar-refractivity contribution < 1.29 is 13.2 Å². The molecule has 112 valence electrons. The highest BCUT2D eigenvalue weighted by Gasteiger charge is 2.30. The van der Waals surface area contributed by atoms with E-state index in [2.05, 4.69) is 10.3 Å². The molecule has 0 bridgehead atoms. The Bertz CT molecular complexity index is 542. The molecule has 1 unspecified atom stereocenters. The van der Waals surface area contributed by atoms with Gasteiger partial charge >= 0.3 is 0 Å². The van der Waals surface area contributed by atoms with E-state index in [9.17, 15) is 8.42 Å². The topological polar surface area (TPSA) is 71.5 Å². The van der Waals surface area contributed by atoms with Gasteiger partial charge in [-0.15, -0.1) is 0 Å². The molecule has 0 aliphatic carbocycles. The van der Waals surface area contributed by atoms with Crippen LogP contribution >= 0.6 is 0 Å². The van der Waals surface area contributed by atoms with Crippen molar-refractivity contribution in [3.05, 3.63) is 18.3 Å². The van der Waals surface area contributed by atoms with Gasteiger partial charge in [0.25, 0.3) is 0 Å². The fraction of sp³-hybridized carbons (Fsp3) is 0.615. The van der Waals surface area contributed by atoms with E-state index in [4.69, 9.17) is 4.74 Å². The van der Waals surface area contributed by atoms with E-state index in [-0.39, 0.29) is 10.9 Å². The van der Waals surface area contributed by atoms with Gasteiger partial charge in [0.2, 0.25) is 10.0 Å². The number of pyridine rings is 1. The van der Waals surface area contributed by atoms with Crippen molar-refractivity contribution in [3.63, 3.8) is 0 Å². The molecule has 1 atom stereocenters. The number of aromatic nitrogens is 1. The van der Waals surface area contributed by atoms with Crippen molar-refractivity contribution in [2.45, 2.75) is 30.7 Å². The Morgan fingerprint density at radius 3 is 3.00 bits per heavy atom. The highest BCUT2D eigenvalue weighted by molar-refractivity contribution is 7.89. The summed E-state index contributed by atoms with van der Waals surface area (Å²) >= 11 is 0. The van der Waals surface area contributed by atoms with Crippen LogP contribution in [0.3, 0.4) is 0 Å². The number of likely N-dealkylation sites (N-methyl/N-ethyl adjacent to an activating group) is 1. The van der Waals surface area contributed by atoms with Crippen LogP contribution in [0.5, 0.6) is 0 Å². The van der Waals surface area contributed by atoms with Crippen LogP contribution in [-0.2, 0) is 14.8 Å². The summed E-state index contributed by atoms with van der Waals surface area (Å²) in [6, 6.07) is 3.02. The van der Waals surface area contributed by atoms with Crippen molar-refractivity contribution >= 4 is 15.8 Å². The molecule has 2 rings (SSSR count). The van der Waals surface area contributed by atoms with Gasteiger partial charge in [0.15, 0.2) is 0 Å². The summed E-state index contributed by atoms with van der Waals surface area (Å²) < 4.78 is 31.8. The van der Waals surface area contributed by atoms with Crippen LogP contribution < -0.4 is 5.32 Å². The van der Waals surface area contributed by atoms with E-state index in [1.807, 2.05) is 6.92 Å². The Morgan fingerprint density at radius 2 is 2.35 bits per heavy atom. The second-order valence-corrected chi connectivity index (χ2v) is 6.84. The monoisotopic (exact) mass is 299 g/mol. The fourth-order valence-corrected chi connectivity index (χ4v) is 3.48. The first-order chi connectivity index (χ1) is 9.55. The lowest BCUT2D eigenvalue weighted by Crippen LogP contribution is -2.37. The van der Waals surface area contributed by atoms with Crippen molar-refractivity contribution in [1.82, 2.24) is 9.29 Å². The van der Waals surface area contributed by atoms with Gasteiger partial charge in [-0.2, -0.15) is 4.31 Å². The van der Waals surface area contributed by atoms with E-state index in [1.54, 1.807) is 13.1 Å². The standard InChI is InChI=1S/C13H21N3O3S/c1-3-6-14-13-9-12(4-7-15-13)20(17,18)16(2)11-5-8-19-10-11/h4,7,9,11H,3,5-6,8,10H2,1-2H3,(H,14,15). The zero-order chi connectivity index (χ0) is 14.6. The van der Waals surface area contributed by atoms with E-state index in [0.717, 1.165) is 19.4 Å². The first kappa shape index (κ1) is 15.2. The van der Waals surface area contributed by atoms with Crippen molar-refractivity contribution in [2.75, 3.05) is 32.1 Å². The van der Waals surface area contributed by atoms with Gasteiger partial charge in [-0.3, -0.25) is 0 Å². The summed E-state index contributed by atoms with van der Waals surface area (Å²) in [5, 5.41) is 3.10. The van der Waals surface area contributed by atoms with Crippen LogP contribution in [0.2, 0.25) is 0 Å². The van der Waals surface area contributed by atoms with Gasteiger partial charge in [0.05, 0.1) is 17.5 Å². The third-order valence-corrected chi connectivity index (χ3v) is 5.29. The van der Waals surface area contributed by atoms with E-state index in [1.165, 1.54) is 16.6 Å². The van der Waals surface area contributed by atoms with Crippen molar-refractivity contribution in [3.8, 4) is 0 Å². The Labute approximate surface area is 120 Å². The third-order valence-electron chi connectivity index (χ3n) is 3.38. The molecular formula is C13H21N3O3S. The molecular weight excluding hydrogens is 278 g/mol. The third kappa shape index (κ3) is 3.28. The molecule has 1 aromatic rings. The van der Waals surface area contributed by atoms with Gasteiger partial charge in [0.1, 0.15) is 5.82 Å². The van der Waals surface area contributed by atoms with Gasteiger partial charge in [0, 0.05) is 32.5 Å². The van der Waals surface area contributed by atoms with Crippen LogP contribution in [0.1, 0.15) is 19.8 Å². The lowest BCUT2D eigenvalue weighted by Gasteiger charge is -2.22. The van der Waals surface area contributed by atoms with Gasteiger partial charge in [-0.25, -0.2) is 13.4 Å². The maximum atomic E-state index is 12.6. The molecule has 0 aromatic carbocycles. The normalized spacial score (nSPS) is 19.4. The predicted octanol–water partition coefficient (Wildman–Crippen LogP) is 1.31. The number of sulfonamides is 1. The lowest BCUT2D eigenvalue weighted by atomic mass is 10.3. The first-order valence-corrected chi connectivity index (χ1v) is 8.25.